The Morgan fingerprint density at radius 1 is 1.14 bits per heavy atom. The molecule has 0 atom stereocenters. The Kier molecular flexibility index (Phi) is 5.16. The molecular formula is C18H18N2O2. The van der Waals surface area contributed by atoms with Crippen LogP contribution in [0.1, 0.15) is 22.3 Å². The maximum atomic E-state index is 9.20. The molecular weight excluding hydrogens is 276 g/mol. The number of aryl methyl sites for hydroxylation is 1. The third-order valence-electron chi connectivity index (χ3n) is 3.50. The molecule has 4 nitrogen and oxygen atoms in total. The zero-order chi connectivity index (χ0) is 15.9. The number of nitriles is 1. The van der Waals surface area contributed by atoms with Gasteiger partial charge in [-0.3, -0.25) is 0 Å². The quantitative estimate of drug-likeness (QED) is 0.623. The minimum Gasteiger partial charge on any atom is -0.489 e. The number of hydrogen-bond donors (Lipinski definition) is 0. The highest BCUT2D eigenvalue weighted by molar-refractivity contribution is 6.12. The Labute approximate surface area is 130 Å². The van der Waals surface area contributed by atoms with Crippen molar-refractivity contribution in [2.45, 2.75) is 20.5 Å². The predicted octanol–water partition coefficient (Wildman–Crippen LogP) is 3.76. The van der Waals surface area contributed by atoms with Crippen LogP contribution >= 0.6 is 0 Å². The zero-order valence-corrected chi connectivity index (χ0v) is 13.0. The fraction of sp³-hybridized carbons (Fsp3) is 0.222. The molecule has 22 heavy (non-hydrogen) atoms. The van der Waals surface area contributed by atoms with Crippen molar-refractivity contribution >= 4 is 5.71 Å². The van der Waals surface area contributed by atoms with Crippen LogP contribution in [0.15, 0.2) is 47.6 Å². The van der Waals surface area contributed by atoms with Crippen molar-refractivity contribution in [3.05, 3.63) is 64.7 Å². The lowest BCUT2D eigenvalue weighted by molar-refractivity contribution is 0.214. The van der Waals surface area contributed by atoms with Crippen LogP contribution in [0.3, 0.4) is 0 Å². The van der Waals surface area contributed by atoms with E-state index in [0.29, 0.717) is 6.61 Å². The molecule has 0 bridgehead atoms. The minimum atomic E-state index is 0.239. The molecule has 0 aliphatic heterocycles. The summed E-state index contributed by atoms with van der Waals surface area (Å²) in [5.74, 6) is 0.844. The number of rotatable bonds is 5. The largest absolute Gasteiger partial charge is 0.489 e. The monoisotopic (exact) mass is 294 g/mol. The summed E-state index contributed by atoms with van der Waals surface area (Å²) in [4.78, 5) is 4.73. The van der Waals surface area contributed by atoms with E-state index in [0.717, 1.165) is 22.4 Å². The van der Waals surface area contributed by atoms with Crippen LogP contribution in [0.4, 0.5) is 0 Å². The molecule has 2 aromatic rings. The first-order valence-corrected chi connectivity index (χ1v) is 6.96. The van der Waals surface area contributed by atoms with Gasteiger partial charge in [-0.15, -0.1) is 0 Å². The molecule has 2 rings (SSSR count). The Morgan fingerprint density at radius 2 is 1.91 bits per heavy atom. The van der Waals surface area contributed by atoms with E-state index in [1.54, 1.807) is 0 Å². The van der Waals surface area contributed by atoms with Gasteiger partial charge in [0.15, 0.2) is 5.71 Å². The van der Waals surface area contributed by atoms with Gasteiger partial charge in [0.1, 0.15) is 25.5 Å². The first kappa shape index (κ1) is 15.6. The van der Waals surface area contributed by atoms with E-state index < -0.39 is 0 Å². The number of benzene rings is 2. The molecule has 2 aromatic carbocycles. The lowest BCUT2D eigenvalue weighted by Crippen LogP contribution is -2.06. The summed E-state index contributed by atoms with van der Waals surface area (Å²) in [7, 11) is 1.42. The molecule has 0 aliphatic rings. The summed E-state index contributed by atoms with van der Waals surface area (Å²) in [5.41, 5.74) is 4.15. The lowest BCUT2D eigenvalue weighted by atomic mass is 10.0. The summed E-state index contributed by atoms with van der Waals surface area (Å²) in [6.45, 7) is 4.45. The maximum absolute atomic E-state index is 9.20. The summed E-state index contributed by atoms with van der Waals surface area (Å²) in [6.07, 6.45) is 0. The first-order chi connectivity index (χ1) is 10.7. The highest BCUT2D eigenvalue weighted by Gasteiger charge is 2.10. The van der Waals surface area contributed by atoms with Crippen LogP contribution in [-0.2, 0) is 11.4 Å². The van der Waals surface area contributed by atoms with Crippen molar-refractivity contribution in [3.63, 3.8) is 0 Å². The molecule has 112 valence electrons. The maximum Gasteiger partial charge on any atom is 0.187 e. The molecule has 0 saturated carbocycles. The Bertz CT molecular complexity index is 730. The van der Waals surface area contributed by atoms with Gasteiger partial charge in [0, 0.05) is 5.56 Å². The van der Waals surface area contributed by atoms with Gasteiger partial charge in [-0.25, -0.2) is 0 Å². The SMILES string of the molecule is CON=C(C#N)c1ccccc1COc1cccc(C)c1C. The van der Waals surface area contributed by atoms with Gasteiger partial charge in [0.05, 0.1) is 0 Å². The summed E-state index contributed by atoms with van der Waals surface area (Å²) >= 11 is 0. The van der Waals surface area contributed by atoms with Crippen LogP contribution in [0, 0.1) is 25.2 Å². The van der Waals surface area contributed by atoms with E-state index in [4.69, 9.17) is 9.57 Å². The molecule has 0 spiro atoms. The molecule has 0 aliphatic carbocycles. The van der Waals surface area contributed by atoms with Crippen LogP contribution in [-0.4, -0.2) is 12.8 Å². The molecule has 0 unspecified atom stereocenters. The molecule has 0 N–H and O–H groups in total. The van der Waals surface area contributed by atoms with Crippen molar-refractivity contribution in [2.24, 2.45) is 5.16 Å². The molecule has 0 heterocycles. The third kappa shape index (κ3) is 3.44. The molecule has 0 amide bonds. The van der Waals surface area contributed by atoms with E-state index in [1.807, 2.05) is 49.4 Å². The normalized spacial score (nSPS) is 10.9. The molecule has 0 saturated heterocycles. The zero-order valence-electron chi connectivity index (χ0n) is 13.0. The second-order valence-electron chi connectivity index (χ2n) is 4.88. The number of oxime groups is 1. The van der Waals surface area contributed by atoms with Gasteiger partial charge >= 0.3 is 0 Å². The fourth-order valence-electron chi connectivity index (χ4n) is 2.13. The Balaban J connectivity index is 2.26. The van der Waals surface area contributed by atoms with Crippen molar-refractivity contribution < 1.29 is 9.57 Å². The third-order valence-corrected chi connectivity index (χ3v) is 3.50. The van der Waals surface area contributed by atoms with Crippen molar-refractivity contribution in [3.8, 4) is 11.8 Å². The number of nitrogens with zero attached hydrogens (tertiary/aromatic N) is 2. The molecule has 0 fully saturated rings. The standard InChI is InChI=1S/C18H18N2O2/c1-13-7-6-10-18(14(13)2)22-12-15-8-4-5-9-16(15)17(11-19)20-21-3/h4-10H,12H2,1-3H3. The molecule has 4 heteroatoms. The second-order valence-corrected chi connectivity index (χ2v) is 4.88. The van der Waals surface area contributed by atoms with Gasteiger partial charge in [-0.1, -0.05) is 41.6 Å². The van der Waals surface area contributed by atoms with Crippen molar-refractivity contribution in [1.29, 1.82) is 5.26 Å². The van der Waals surface area contributed by atoms with E-state index in [-0.39, 0.29) is 5.71 Å². The van der Waals surface area contributed by atoms with Gasteiger partial charge in [-0.2, -0.15) is 5.26 Å². The topological polar surface area (TPSA) is 54.6 Å². The summed E-state index contributed by atoms with van der Waals surface area (Å²) < 4.78 is 5.91. The minimum absolute atomic E-state index is 0.239. The van der Waals surface area contributed by atoms with E-state index >= 15 is 0 Å². The predicted molar refractivity (Wildman–Crippen MR) is 85.8 cm³/mol. The van der Waals surface area contributed by atoms with Crippen LogP contribution in [0.25, 0.3) is 0 Å². The fourth-order valence-corrected chi connectivity index (χ4v) is 2.13. The molecule has 0 aromatic heterocycles. The lowest BCUT2D eigenvalue weighted by Gasteiger charge is -2.12. The highest BCUT2D eigenvalue weighted by atomic mass is 16.6. The van der Waals surface area contributed by atoms with E-state index in [9.17, 15) is 5.26 Å². The summed E-state index contributed by atoms with van der Waals surface area (Å²) in [5, 5.41) is 13.0. The molecule has 0 radical (unpaired) electrons. The van der Waals surface area contributed by atoms with E-state index in [2.05, 4.69) is 18.1 Å². The summed E-state index contributed by atoms with van der Waals surface area (Å²) in [6, 6.07) is 15.5. The first-order valence-electron chi connectivity index (χ1n) is 6.96. The van der Waals surface area contributed by atoms with Crippen LogP contribution in [0.5, 0.6) is 5.75 Å². The van der Waals surface area contributed by atoms with E-state index in [1.165, 1.54) is 12.7 Å². The van der Waals surface area contributed by atoms with Crippen molar-refractivity contribution in [2.75, 3.05) is 7.11 Å². The smallest absolute Gasteiger partial charge is 0.187 e. The van der Waals surface area contributed by atoms with Crippen LogP contribution in [0.2, 0.25) is 0 Å². The average Bonchev–Trinajstić information content (AvgIpc) is 2.54. The van der Waals surface area contributed by atoms with Gasteiger partial charge in [0.25, 0.3) is 0 Å². The Morgan fingerprint density at radius 3 is 2.64 bits per heavy atom. The Hall–Kier alpha value is -2.80. The van der Waals surface area contributed by atoms with Gasteiger partial charge in [0.2, 0.25) is 0 Å². The average molecular weight is 294 g/mol. The van der Waals surface area contributed by atoms with Crippen LogP contribution < -0.4 is 4.74 Å². The highest BCUT2D eigenvalue weighted by Crippen LogP contribution is 2.22. The number of hydrogen-bond acceptors (Lipinski definition) is 4. The van der Waals surface area contributed by atoms with Gasteiger partial charge < -0.3 is 9.57 Å². The second kappa shape index (κ2) is 7.28. The van der Waals surface area contributed by atoms with Crippen molar-refractivity contribution in [1.82, 2.24) is 0 Å². The number of ether oxygens (including phenoxy) is 1. The van der Waals surface area contributed by atoms with Gasteiger partial charge in [-0.05, 0) is 36.6 Å².